The van der Waals surface area contributed by atoms with Crippen LogP contribution in [0.2, 0.25) is 0 Å². The molecule has 0 spiro atoms. The first-order valence-electron chi connectivity index (χ1n) is 28.5. The van der Waals surface area contributed by atoms with Gasteiger partial charge in [-0.05, 0) is 39.5 Å². The molecule has 0 aromatic rings. The van der Waals surface area contributed by atoms with E-state index in [1.165, 1.54) is 6.92 Å². The number of phosphoric ester groups is 4. The van der Waals surface area contributed by atoms with Crippen molar-refractivity contribution in [3.63, 3.8) is 0 Å². The van der Waals surface area contributed by atoms with Crippen LogP contribution in [-0.2, 0) is 102 Å². The Morgan fingerprint density at radius 1 is 0.379 bits per heavy atom. The lowest BCUT2D eigenvalue weighted by atomic mass is 9.88. The molecule has 19 atom stereocenters. The molecule has 35 nitrogen and oxygen atoms in total. The van der Waals surface area contributed by atoms with Gasteiger partial charge in [-0.25, -0.2) is 23.1 Å². The standard InChI is InChI=1S/C48H96O35P4/c1-32(2)82-86(62,63)75-16-8-12-70-30-48(31-71-13-9-17-76-87(64,65)83-72-27-41-35(5)44(54)47(57)38(24-51)81-41,28-68-10-6-14-73-84(58,59)77-20-18-66-25-39-33(3)42(52)45(55)36(22-49)79-39)29-69-11-7-15-74-85(60,61)78-21-19-67-26-40-34(4)43(53)46(56)37(23-50)80-40/h32-47,49-57H,6-31H2,1-5H3,(H,58,59)(H,60,61)(H,62,63)(H,64,65). The van der Waals surface area contributed by atoms with Gasteiger partial charge in [-0.1, -0.05) is 20.8 Å². The van der Waals surface area contributed by atoms with Crippen molar-refractivity contribution in [3.8, 4) is 0 Å². The fraction of sp³-hybridized carbons (Fsp3) is 1.00. The maximum absolute atomic E-state index is 12.6. The molecule has 518 valence electrons. The summed E-state index contributed by atoms with van der Waals surface area (Å²) in [5.74, 6) is -1.82. The highest BCUT2D eigenvalue weighted by atomic mass is 31.2. The molecule has 0 radical (unpaired) electrons. The third-order valence-electron chi connectivity index (χ3n) is 13.8. The van der Waals surface area contributed by atoms with E-state index in [2.05, 4.69) is 4.67 Å². The van der Waals surface area contributed by atoms with Crippen LogP contribution >= 0.6 is 31.3 Å². The molecule has 13 N–H and O–H groups in total. The molecule has 3 fully saturated rings. The first-order chi connectivity index (χ1) is 41.0. The van der Waals surface area contributed by atoms with Crippen LogP contribution in [-0.4, -0.2) is 290 Å². The summed E-state index contributed by atoms with van der Waals surface area (Å²) >= 11 is 0. The van der Waals surface area contributed by atoms with E-state index in [0.717, 1.165) is 0 Å². The summed E-state index contributed by atoms with van der Waals surface area (Å²) < 4.78 is 141. The van der Waals surface area contributed by atoms with Gasteiger partial charge in [0.2, 0.25) is 0 Å². The van der Waals surface area contributed by atoms with Crippen molar-refractivity contribution in [1.82, 2.24) is 0 Å². The molecule has 0 aromatic heterocycles. The van der Waals surface area contributed by atoms with E-state index in [-0.39, 0.29) is 138 Å². The Morgan fingerprint density at radius 3 is 1.00 bits per heavy atom. The van der Waals surface area contributed by atoms with Crippen molar-refractivity contribution >= 4 is 31.3 Å². The highest BCUT2D eigenvalue weighted by Crippen LogP contribution is 2.46. The Labute approximate surface area is 505 Å². The molecule has 39 heteroatoms. The molecule has 3 saturated heterocycles. The summed E-state index contributed by atoms with van der Waals surface area (Å²) in [5, 5.41) is 89.5. The Kier molecular flexibility index (Phi) is 38.6. The zero-order valence-electron chi connectivity index (χ0n) is 49.7. The monoisotopic (exact) mass is 1360 g/mol. The molecule has 3 aliphatic rings. The van der Waals surface area contributed by atoms with Crippen molar-refractivity contribution in [2.45, 2.75) is 140 Å². The maximum Gasteiger partial charge on any atom is 0.499 e. The second-order valence-corrected chi connectivity index (χ2v) is 27.0. The third-order valence-corrected chi connectivity index (χ3v) is 17.8. The molecular weight excluding hydrogens is 1260 g/mol. The fourth-order valence-electron chi connectivity index (χ4n) is 8.71. The first kappa shape index (κ1) is 80.9. The minimum absolute atomic E-state index is 0.00322. The molecule has 3 heterocycles. The van der Waals surface area contributed by atoms with Crippen LogP contribution in [0.15, 0.2) is 0 Å². The third kappa shape index (κ3) is 30.8. The van der Waals surface area contributed by atoms with Gasteiger partial charge in [-0.15, -0.1) is 4.67 Å². The summed E-state index contributed by atoms with van der Waals surface area (Å²) in [5.41, 5.74) is -1.20. The molecular formula is C48H96O35P4. The minimum Gasteiger partial charge on any atom is -0.394 e. The number of hydrogen-bond acceptors (Lipinski definition) is 31. The first-order valence-corrected chi connectivity index (χ1v) is 34.5. The number of rotatable bonds is 49. The summed E-state index contributed by atoms with van der Waals surface area (Å²) in [6.45, 7) is 2.13. The Balaban J connectivity index is 1.59. The van der Waals surface area contributed by atoms with E-state index >= 15 is 0 Å². The molecule has 0 aliphatic carbocycles. The van der Waals surface area contributed by atoms with E-state index in [1.54, 1.807) is 27.7 Å². The van der Waals surface area contributed by atoms with Gasteiger partial charge in [-0.2, -0.15) is 0 Å². The van der Waals surface area contributed by atoms with Crippen molar-refractivity contribution in [3.05, 3.63) is 0 Å². The number of phosphoric acid groups is 4. The average Bonchev–Trinajstić information content (AvgIpc) is 1.84. The molecule has 87 heavy (non-hydrogen) atoms. The zero-order chi connectivity index (χ0) is 64.9. The van der Waals surface area contributed by atoms with E-state index < -0.39 is 167 Å². The maximum atomic E-state index is 12.6. The molecule has 0 bridgehead atoms. The molecule has 0 aromatic carbocycles. The van der Waals surface area contributed by atoms with Gasteiger partial charge < -0.3 is 108 Å². The minimum atomic E-state index is -4.83. The van der Waals surface area contributed by atoms with Crippen LogP contribution in [0.5, 0.6) is 0 Å². The van der Waals surface area contributed by atoms with Crippen LogP contribution in [0.4, 0.5) is 0 Å². The number of aliphatic hydroxyl groups excluding tert-OH is 9. The van der Waals surface area contributed by atoms with Crippen LogP contribution in [0.3, 0.4) is 0 Å². The largest absolute Gasteiger partial charge is 0.499 e. The lowest BCUT2D eigenvalue weighted by Gasteiger charge is -2.40. The zero-order valence-corrected chi connectivity index (χ0v) is 53.3. The summed E-state index contributed by atoms with van der Waals surface area (Å²) in [6, 6.07) is 0. The summed E-state index contributed by atoms with van der Waals surface area (Å²) in [4.78, 5) is 45.7. The van der Waals surface area contributed by atoms with E-state index in [9.17, 15) is 83.8 Å². The normalized spacial score (nSPS) is 31.6. The van der Waals surface area contributed by atoms with Crippen LogP contribution in [0.1, 0.15) is 60.3 Å². The SMILES string of the molecule is CC(C)OP(=O)(O)OCCCOCC(COCCCOP(=O)(O)OCCOCC1OC(CO)C(O)C(O)C1C)(COCCCOP(=O)(O)OCCOCC1OC(CO)C(O)C(O)C1C)COCCCOP(=O)(O)OOCC1OC(CO)C(O)C(O)C1C. The van der Waals surface area contributed by atoms with Crippen molar-refractivity contribution in [2.24, 2.45) is 23.2 Å². The smallest absolute Gasteiger partial charge is 0.394 e. The topological polar surface area (TPSA) is 497 Å². The van der Waals surface area contributed by atoms with E-state index in [0.29, 0.717) is 0 Å². The lowest BCUT2D eigenvalue weighted by molar-refractivity contribution is -0.277. The number of hydrogen-bond donors (Lipinski definition) is 13. The van der Waals surface area contributed by atoms with Crippen molar-refractivity contribution in [1.29, 1.82) is 0 Å². The number of aliphatic hydroxyl groups is 9. The fourth-order valence-corrected chi connectivity index (χ4v) is 11.7. The van der Waals surface area contributed by atoms with Gasteiger partial charge in [0.25, 0.3) is 0 Å². The Bertz CT molecular complexity index is 1950. The quantitative estimate of drug-likeness (QED) is 0.0148. The highest BCUT2D eigenvalue weighted by molar-refractivity contribution is 7.48. The van der Waals surface area contributed by atoms with Crippen molar-refractivity contribution < 1.29 is 168 Å². The molecule has 3 aliphatic heterocycles. The second kappa shape index (κ2) is 41.5. The lowest BCUT2D eigenvalue weighted by Crippen LogP contribution is -2.55. The summed E-state index contributed by atoms with van der Waals surface area (Å²) in [7, 11) is -18.4. The van der Waals surface area contributed by atoms with Gasteiger partial charge in [-0.3, -0.25) is 31.7 Å². The molecule has 3 rings (SSSR count). The summed E-state index contributed by atoms with van der Waals surface area (Å²) in [6.07, 6.45) is -13.5. The van der Waals surface area contributed by atoms with Crippen molar-refractivity contribution in [2.75, 3.05) is 145 Å². The Hall–Kier alpha value is -0.320. The number of ether oxygens (including phenoxy) is 9. The van der Waals surface area contributed by atoms with Gasteiger partial charge in [0.15, 0.2) is 0 Å². The molecule has 0 saturated carbocycles. The van der Waals surface area contributed by atoms with E-state index in [4.69, 9.17) is 79.2 Å². The van der Waals surface area contributed by atoms with Gasteiger partial charge in [0.05, 0.1) is 160 Å². The van der Waals surface area contributed by atoms with Crippen LogP contribution in [0.25, 0.3) is 0 Å². The predicted molar refractivity (Wildman–Crippen MR) is 295 cm³/mol. The molecule has 0 amide bonds. The van der Waals surface area contributed by atoms with Crippen LogP contribution < -0.4 is 0 Å². The predicted octanol–water partition coefficient (Wildman–Crippen LogP) is -1.14. The van der Waals surface area contributed by atoms with Crippen LogP contribution in [0, 0.1) is 23.2 Å². The second-order valence-electron chi connectivity index (χ2n) is 21.4. The van der Waals surface area contributed by atoms with Gasteiger partial charge >= 0.3 is 31.3 Å². The average molecular weight is 1360 g/mol. The van der Waals surface area contributed by atoms with Gasteiger partial charge in [0.1, 0.15) is 43.2 Å². The van der Waals surface area contributed by atoms with E-state index in [1.807, 2.05) is 0 Å². The Morgan fingerprint density at radius 2 is 0.678 bits per heavy atom. The molecule has 19 unspecified atom stereocenters. The van der Waals surface area contributed by atoms with Gasteiger partial charge in [0, 0.05) is 44.2 Å². The highest BCUT2D eigenvalue weighted by Gasteiger charge is 2.45.